The quantitative estimate of drug-likeness (QED) is 0.857. The molecule has 4 atom stereocenters. The molecule has 3 aliphatic heterocycles. The first-order valence-corrected chi connectivity index (χ1v) is 7.71. The van der Waals surface area contributed by atoms with Gasteiger partial charge in [0, 0.05) is 6.54 Å². The molecule has 4 rings (SSSR count). The first kappa shape index (κ1) is 14.2. The highest BCUT2D eigenvalue weighted by molar-refractivity contribution is 5.90. The number of carbonyl (C=O) groups is 2. The minimum Gasteiger partial charge on any atom is -0.481 e. The van der Waals surface area contributed by atoms with E-state index in [0.717, 1.165) is 5.56 Å². The Morgan fingerprint density at radius 2 is 2.17 bits per heavy atom. The molecule has 3 aliphatic rings. The largest absolute Gasteiger partial charge is 0.481 e. The van der Waals surface area contributed by atoms with Crippen molar-refractivity contribution in [2.45, 2.75) is 11.7 Å². The zero-order valence-electron chi connectivity index (χ0n) is 12.5. The van der Waals surface area contributed by atoms with Crippen molar-refractivity contribution in [1.82, 2.24) is 4.90 Å². The molecule has 2 saturated heterocycles. The van der Waals surface area contributed by atoms with Gasteiger partial charge in [0.05, 0.1) is 18.6 Å². The fourth-order valence-corrected chi connectivity index (χ4v) is 3.89. The van der Waals surface area contributed by atoms with Crippen molar-refractivity contribution in [3.63, 3.8) is 0 Å². The van der Waals surface area contributed by atoms with Crippen LogP contribution in [0.1, 0.15) is 5.56 Å². The van der Waals surface area contributed by atoms with Gasteiger partial charge in [-0.05, 0) is 5.56 Å². The Kier molecular flexibility index (Phi) is 3.13. The van der Waals surface area contributed by atoms with E-state index >= 15 is 0 Å². The Bertz CT molecular complexity index is 711. The number of benzene rings is 1. The van der Waals surface area contributed by atoms with E-state index in [-0.39, 0.29) is 5.91 Å². The first-order chi connectivity index (χ1) is 11.1. The average Bonchev–Trinajstić information content (AvgIpc) is 3.17. The lowest BCUT2D eigenvalue weighted by Crippen LogP contribution is -2.39. The third kappa shape index (κ3) is 2.11. The number of amides is 1. The maximum absolute atomic E-state index is 12.6. The monoisotopic (exact) mass is 311 g/mol. The molecule has 2 fully saturated rings. The summed E-state index contributed by atoms with van der Waals surface area (Å²) < 4.78 is 5.84. The topological polar surface area (TPSA) is 66.8 Å². The number of hydrogen-bond donors (Lipinski definition) is 1. The summed E-state index contributed by atoms with van der Waals surface area (Å²) in [6.07, 6.45) is 7.08. The third-order valence-corrected chi connectivity index (χ3v) is 4.90. The van der Waals surface area contributed by atoms with Crippen molar-refractivity contribution in [3.05, 3.63) is 54.1 Å². The van der Waals surface area contributed by atoms with Gasteiger partial charge in [0.15, 0.2) is 0 Å². The summed E-state index contributed by atoms with van der Waals surface area (Å²) >= 11 is 0. The molecule has 0 aliphatic carbocycles. The van der Waals surface area contributed by atoms with E-state index in [9.17, 15) is 14.7 Å². The molecule has 0 saturated carbocycles. The van der Waals surface area contributed by atoms with E-state index < -0.39 is 29.5 Å². The fraction of sp³-hybridized carbons (Fsp3) is 0.333. The lowest BCUT2D eigenvalue weighted by molar-refractivity contribution is -0.147. The van der Waals surface area contributed by atoms with Crippen LogP contribution in [-0.4, -0.2) is 46.7 Å². The Hall–Kier alpha value is -2.40. The fourth-order valence-electron chi connectivity index (χ4n) is 3.89. The molecule has 1 amide bonds. The SMILES string of the molecule is O=C(O)C1C2C=CC3(CN(C/C=C/c4ccccc4)C(=O)C13)O2. The predicted molar refractivity (Wildman–Crippen MR) is 83.4 cm³/mol. The van der Waals surface area contributed by atoms with Crippen LogP contribution >= 0.6 is 0 Å². The first-order valence-electron chi connectivity index (χ1n) is 7.71. The van der Waals surface area contributed by atoms with Crippen molar-refractivity contribution >= 4 is 18.0 Å². The predicted octanol–water partition coefficient (Wildman–Crippen LogP) is 1.57. The van der Waals surface area contributed by atoms with Crippen LogP contribution in [0.4, 0.5) is 0 Å². The maximum atomic E-state index is 12.6. The van der Waals surface area contributed by atoms with Crippen LogP contribution in [-0.2, 0) is 14.3 Å². The Labute approximate surface area is 133 Å². The van der Waals surface area contributed by atoms with Gasteiger partial charge in [-0.2, -0.15) is 0 Å². The van der Waals surface area contributed by atoms with E-state index in [1.807, 2.05) is 48.6 Å². The molecule has 5 heteroatoms. The lowest BCUT2D eigenvalue weighted by atomic mass is 9.77. The van der Waals surface area contributed by atoms with Crippen molar-refractivity contribution in [3.8, 4) is 0 Å². The van der Waals surface area contributed by atoms with Gasteiger partial charge in [0.25, 0.3) is 0 Å². The molecular weight excluding hydrogens is 294 g/mol. The zero-order valence-corrected chi connectivity index (χ0v) is 12.5. The number of nitrogens with zero attached hydrogens (tertiary/aromatic N) is 1. The molecular formula is C18H17NO4. The van der Waals surface area contributed by atoms with E-state index in [1.165, 1.54) is 0 Å². The van der Waals surface area contributed by atoms with Crippen LogP contribution in [0.5, 0.6) is 0 Å². The van der Waals surface area contributed by atoms with E-state index in [0.29, 0.717) is 13.1 Å². The molecule has 23 heavy (non-hydrogen) atoms. The Balaban J connectivity index is 1.51. The number of carboxylic acids is 1. The second-order valence-corrected chi connectivity index (χ2v) is 6.27. The Morgan fingerprint density at radius 3 is 2.91 bits per heavy atom. The Morgan fingerprint density at radius 1 is 1.39 bits per heavy atom. The van der Waals surface area contributed by atoms with Crippen molar-refractivity contribution in [1.29, 1.82) is 0 Å². The van der Waals surface area contributed by atoms with Crippen molar-refractivity contribution < 1.29 is 19.4 Å². The molecule has 1 aromatic carbocycles. The summed E-state index contributed by atoms with van der Waals surface area (Å²) in [5.41, 5.74) is 0.323. The smallest absolute Gasteiger partial charge is 0.310 e. The van der Waals surface area contributed by atoms with Crippen molar-refractivity contribution in [2.75, 3.05) is 13.1 Å². The van der Waals surface area contributed by atoms with Gasteiger partial charge in [0.1, 0.15) is 11.5 Å². The maximum Gasteiger partial charge on any atom is 0.310 e. The van der Waals surface area contributed by atoms with Gasteiger partial charge in [-0.1, -0.05) is 54.6 Å². The number of hydrogen-bond acceptors (Lipinski definition) is 3. The normalized spacial score (nSPS) is 34.5. The number of aliphatic carboxylic acids is 1. The second kappa shape index (κ2) is 5.06. The van der Waals surface area contributed by atoms with Gasteiger partial charge >= 0.3 is 5.97 Å². The molecule has 2 bridgehead atoms. The van der Waals surface area contributed by atoms with Gasteiger partial charge in [0.2, 0.25) is 5.91 Å². The molecule has 3 heterocycles. The number of carbonyl (C=O) groups excluding carboxylic acids is 1. The summed E-state index contributed by atoms with van der Waals surface area (Å²) in [6, 6.07) is 9.85. The highest BCUT2D eigenvalue weighted by Gasteiger charge is 2.66. The van der Waals surface area contributed by atoms with Crippen LogP contribution in [0.2, 0.25) is 0 Å². The molecule has 0 aromatic heterocycles. The van der Waals surface area contributed by atoms with Crippen LogP contribution in [0.3, 0.4) is 0 Å². The minimum absolute atomic E-state index is 0.123. The highest BCUT2D eigenvalue weighted by atomic mass is 16.5. The number of likely N-dealkylation sites (tertiary alicyclic amines) is 1. The second-order valence-electron chi connectivity index (χ2n) is 6.27. The van der Waals surface area contributed by atoms with E-state index in [4.69, 9.17) is 4.74 Å². The summed E-state index contributed by atoms with van der Waals surface area (Å²) in [5, 5.41) is 9.41. The summed E-state index contributed by atoms with van der Waals surface area (Å²) in [7, 11) is 0. The lowest BCUT2D eigenvalue weighted by Gasteiger charge is -2.21. The molecule has 118 valence electrons. The highest BCUT2D eigenvalue weighted by Crippen LogP contribution is 2.51. The molecule has 1 N–H and O–H groups in total. The van der Waals surface area contributed by atoms with Crippen LogP contribution in [0.15, 0.2) is 48.6 Å². The van der Waals surface area contributed by atoms with E-state index in [2.05, 4.69) is 0 Å². The average molecular weight is 311 g/mol. The molecule has 1 aromatic rings. The van der Waals surface area contributed by atoms with Crippen LogP contribution < -0.4 is 0 Å². The number of carboxylic acid groups (broad SMARTS) is 1. The van der Waals surface area contributed by atoms with Crippen LogP contribution in [0, 0.1) is 11.8 Å². The van der Waals surface area contributed by atoms with Gasteiger partial charge < -0.3 is 14.7 Å². The number of fused-ring (bicyclic) bond motifs is 1. The standard InChI is InChI=1S/C18H17NO4/c20-16-15-14(17(21)22)13-8-9-18(15,23-13)11-19(16)10-4-7-12-5-2-1-3-6-12/h1-9,13-15H,10-11H2,(H,21,22)/b7-4+. The molecule has 0 radical (unpaired) electrons. The summed E-state index contributed by atoms with van der Waals surface area (Å²) in [5.74, 6) is -2.45. The number of rotatable bonds is 4. The zero-order chi connectivity index (χ0) is 16.0. The van der Waals surface area contributed by atoms with E-state index in [1.54, 1.807) is 11.0 Å². The van der Waals surface area contributed by atoms with Gasteiger partial charge in [-0.25, -0.2) is 0 Å². The molecule has 4 unspecified atom stereocenters. The minimum atomic E-state index is -0.957. The van der Waals surface area contributed by atoms with Crippen LogP contribution in [0.25, 0.3) is 6.08 Å². The number of ether oxygens (including phenoxy) is 1. The third-order valence-electron chi connectivity index (χ3n) is 4.90. The van der Waals surface area contributed by atoms with Gasteiger partial charge in [-0.15, -0.1) is 0 Å². The summed E-state index contributed by atoms with van der Waals surface area (Å²) in [4.78, 5) is 25.8. The molecule has 5 nitrogen and oxygen atoms in total. The van der Waals surface area contributed by atoms with Gasteiger partial charge in [-0.3, -0.25) is 9.59 Å². The molecule has 1 spiro atoms. The van der Waals surface area contributed by atoms with Crippen molar-refractivity contribution in [2.24, 2.45) is 11.8 Å². The summed E-state index contributed by atoms with van der Waals surface area (Å²) in [6.45, 7) is 0.882.